The summed E-state index contributed by atoms with van der Waals surface area (Å²) in [7, 11) is 4.07. The van der Waals surface area contributed by atoms with Crippen LogP contribution in [0.25, 0.3) is 6.08 Å². The summed E-state index contributed by atoms with van der Waals surface area (Å²) in [4.78, 5) is 18.5. The lowest BCUT2D eigenvalue weighted by Crippen LogP contribution is -2.48. The van der Waals surface area contributed by atoms with Crippen LogP contribution in [-0.2, 0) is 4.79 Å². The number of thioether (sulfide) groups is 1. The first-order valence-electron chi connectivity index (χ1n) is 10.8. The molecule has 1 saturated carbocycles. The van der Waals surface area contributed by atoms with Crippen LogP contribution >= 0.6 is 11.8 Å². The van der Waals surface area contributed by atoms with Gasteiger partial charge < -0.3 is 15.1 Å². The van der Waals surface area contributed by atoms with E-state index in [1.54, 1.807) is 11.8 Å². The molecule has 0 bridgehead atoms. The van der Waals surface area contributed by atoms with Crippen LogP contribution < -0.4 is 10.2 Å². The predicted octanol–water partition coefficient (Wildman–Crippen LogP) is 5.64. The van der Waals surface area contributed by atoms with Gasteiger partial charge in [-0.05, 0) is 54.7 Å². The lowest BCUT2D eigenvalue weighted by molar-refractivity contribution is -0.129. The van der Waals surface area contributed by atoms with E-state index in [0.29, 0.717) is 12.0 Å². The van der Waals surface area contributed by atoms with Crippen molar-refractivity contribution >= 4 is 35.1 Å². The third-order valence-corrected chi connectivity index (χ3v) is 7.25. The molecular weight excluding hydrogens is 390 g/mol. The molecule has 1 amide bonds. The van der Waals surface area contributed by atoms with Crippen molar-refractivity contribution in [2.75, 3.05) is 24.3 Å². The summed E-state index contributed by atoms with van der Waals surface area (Å²) in [6.45, 7) is 2.29. The van der Waals surface area contributed by atoms with Gasteiger partial charge in [-0.15, -0.1) is 0 Å². The van der Waals surface area contributed by atoms with E-state index in [1.165, 1.54) is 19.3 Å². The van der Waals surface area contributed by atoms with Gasteiger partial charge in [-0.2, -0.15) is 0 Å². The van der Waals surface area contributed by atoms with E-state index in [1.807, 2.05) is 38.4 Å². The first-order chi connectivity index (χ1) is 14.5. The number of amides is 1. The second kappa shape index (κ2) is 9.17. The summed E-state index contributed by atoms with van der Waals surface area (Å²) < 4.78 is 0. The highest BCUT2D eigenvalue weighted by molar-refractivity contribution is 8.05. The molecule has 1 aliphatic heterocycles. The molecule has 2 aliphatic rings. The first-order valence-corrected chi connectivity index (χ1v) is 11.7. The number of carbonyl (C=O) groups excluding carboxylic acids is 1. The Kier molecular flexibility index (Phi) is 6.38. The quantitative estimate of drug-likeness (QED) is 0.634. The van der Waals surface area contributed by atoms with Gasteiger partial charge in [0, 0.05) is 31.5 Å². The maximum Gasteiger partial charge on any atom is 0.262 e. The Bertz CT molecular complexity index is 894. The summed E-state index contributed by atoms with van der Waals surface area (Å²) in [5.41, 5.74) is 3.20. The monoisotopic (exact) mass is 421 g/mol. The number of benzene rings is 2. The van der Waals surface area contributed by atoms with Gasteiger partial charge in [-0.3, -0.25) is 4.79 Å². The van der Waals surface area contributed by atoms with Crippen LogP contribution in [0.15, 0.2) is 59.5 Å². The van der Waals surface area contributed by atoms with Crippen molar-refractivity contribution < 1.29 is 4.79 Å². The number of hydrogen-bond donors (Lipinski definition) is 1. The number of anilines is 2. The van der Waals surface area contributed by atoms with Gasteiger partial charge in [0.1, 0.15) is 0 Å². The van der Waals surface area contributed by atoms with Crippen LogP contribution in [-0.4, -0.2) is 36.4 Å². The Balaban J connectivity index is 1.61. The molecule has 4 nitrogen and oxygen atoms in total. The van der Waals surface area contributed by atoms with Gasteiger partial charge >= 0.3 is 0 Å². The molecule has 4 rings (SSSR count). The highest BCUT2D eigenvalue weighted by Gasteiger charge is 2.42. The molecule has 1 unspecified atom stereocenters. The Hall–Kier alpha value is -2.40. The van der Waals surface area contributed by atoms with E-state index in [-0.39, 0.29) is 11.4 Å². The molecule has 1 aliphatic carbocycles. The number of rotatable bonds is 5. The largest absolute Gasteiger partial charge is 0.378 e. The van der Waals surface area contributed by atoms with Crippen molar-refractivity contribution in [1.82, 2.24) is 4.90 Å². The van der Waals surface area contributed by atoms with Crippen molar-refractivity contribution in [2.24, 2.45) is 5.92 Å². The topological polar surface area (TPSA) is 35.6 Å². The van der Waals surface area contributed by atoms with E-state index in [2.05, 4.69) is 58.4 Å². The number of para-hydroxylation sites is 1. The molecule has 0 radical (unpaired) electrons. The number of nitrogens with one attached hydrogen (secondary N) is 1. The average molecular weight is 422 g/mol. The SMILES string of the molecule is C[C@@H]1CCCC[C@H]1N1C(=O)/C(=C/c2ccc(N(C)C)cc2)SC1Nc1ccccc1. The zero-order valence-electron chi connectivity index (χ0n) is 18.0. The summed E-state index contributed by atoms with van der Waals surface area (Å²) in [6, 6.07) is 18.9. The maximum absolute atomic E-state index is 13.5. The van der Waals surface area contributed by atoms with Crippen LogP contribution in [0.3, 0.4) is 0 Å². The van der Waals surface area contributed by atoms with E-state index in [4.69, 9.17) is 0 Å². The molecule has 5 heteroatoms. The van der Waals surface area contributed by atoms with Gasteiger partial charge in [-0.1, -0.05) is 61.9 Å². The first kappa shape index (κ1) is 20.9. The molecule has 2 aromatic rings. The Morgan fingerprint density at radius 1 is 1.03 bits per heavy atom. The van der Waals surface area contributed by atoms with Crippen LogP contribution in [0.5, 0.6) is 0 Å². The predicted molar refractivity (Wildman–Crippen MR) is 128 cm³/mol. The lowest BCUT2D eigenvalue weighted by Gasteiger charge is -2.39. The van der Waals surface area contributed by atoms with Crippen LogP contribution in [0.1, 0.15) is 38.2 Å². The third kappa shape index (κ3) is 4.51. The Morgan fingerprint density at radius 2 is 1.73 bits per heavy atom. The van der Waals surface area contributed by atoms with Crippen molar-refractivity contribution in [3.05, 3.63) is 65.1 Å². The molecule has 1 N–H and O–H groups in total. The minimum atomic E-state index is -0.0715. The molecule has 0 spiro atoms. The van der Waals surface area contributed by atoms with Gasteiger partial charge in [0.25, 0.3) is 5.91 Å². The van der Waals surface area contributed by atoms with Gasteiger partial charge in [0.2, 0.25) is 0 Å². The summed E-state index contributed by atoms with van der Waals surface area (Å²) in [5, 5.41) is 3.60. The minimum Gasteiger partial charge on any atom is -0.378 e. The number of hydrogen-bond acceptors (Lipinski definition) is 4. The normalized spacial score (nSPS) is 25.6. The van der Waals surface area contributed by atoms with Gasteiger partial charge in [0.15, 0.2) is 5.50 Å². The fraction of sp³-hybridized carbons (Fsp3) is 0.400. The van der Waals surface area contributed by atoms with Crippen LogP contribution in [0.4, 0.5) is 11.4 Å². The van der Waals surface area contributed by atoms with E-state index >= 15 is 0 Å². The van der Waals surface area contributed by atoms with Gasteiger partial charge in [-0.25, -0.2) is 0 Å². The molecule has 30 heavy (non-hydrogen) atoms. The Labute approximate surface area is 184 Å². The molecular formula is C25H31N3OS. The second-order valence-corrected chi connectivity index (χ2v) is 9.64. The van der Waals surface area contributed by atoms with Crippen molar-refractivity contribution in [3.63, 3.8) is 0 Å². The molecule has 2 aromatic carbocycles. The van der Waals surface area contributed by atoms with Crippen molar-refractivity contribution in [1.29, 1.82) is 0 Å². The zero-order valence-corrected chi connectivity index (χ0v) is 18.9. The number of carbonyl (C=O) groups is 1. The Morgan fingerprint density at radius 3 is 2.40 bits per heavy atom. The molecule has 1 saturated heterocycles. The highest BCUT2D eigenvalue weighted by Crippen LogP contribution is 2.42. The minimum absolute atomic E-state index is 0.0715. The van der Waals surface area contributed by atoms with E-state index in [9.17, 15) is 4.79 Å². The highest BCUT2D eigenvalue weighted by atomic mass is 32.2. The smallest absolute Gasteiger partial charge is 0.262 e. The molecule has 3 atom stereocenters. The third-order valence-electron chi connectivity index (χ3n) is 6.13. The summed E-state index contributed by atoms with van der Waals surface area (Å²) in [5.74, 6) is 0.686. The van der Waals surface area contributed by atoms with Gasteiger partial charge in [0.05, 0.1) is 4.91 Å². The summed E-state index contributed by atoms with van der Waals surface area (Å²) in [6.07, 6.45) is 6.80. The van der Waals surface area contributed by atoms with Crippen LogP contribution in [0.2, 0.25) is 0 Å². The zero-order chi connectivity index (χ0) is 21.1. The summed E-state index contributed by atoms with van der Waals surface area (Å²) >= 11 is 1.64. The van der Waals surface area contributed by atoms with Crippen LogP contribution in [0, 0.1) is 5.92 Å². The molecule has 2 fully saturated rings. The van der Waals surface area contributed by atoms with Crippen molar-refractivity contribution in [3.8, 4) is 0 Å². The molecule has 1 heterocycles. The van der Waals surface area contributed by atoms with E-state index < -0.39 is 0 Å². The molecule has 0 aromatic heterocycles. The maximum atomic E-state index is 13.5. The fourth-order valence-corrected chi connectivity index (χ4v) is 5.60. The lowest BCUT2D eigenvalue weighted by atomic mass is 9.85. The molecule has 158 valence electrons. The van der Waals surface area contributed by atoms with Crippen molar-refractivity contribution in [2.45, 2.75) is 44.1 Å². The fourth-order valence-electron chi connectivity index (χ4n) is 4.39. The van der Waals surface area contributed by atoms with E-state index in [0.717, 1.165) is 28.3 Å². The second-order valence-electron chi connectivity index (χ2n) is 8.52. The average Bonchev–Trinajstić information content (AvgIpc) is 3.04. The number of nitrogens with zero attached hydrogens (tertiary/aromatic N) is 2. The standard InChI is InChI=1S/C25H31N3OS/c1-18-9-7-8-12-22(18)28-24(29)23(17-19-13-15-21(16-14-19)27(2)3)30-25(28)26-20-10-5-4-6-11-20/h4-6,10-11,13-18,22,25-26H,7-9,12H2,1-3H3/b23-17-/t18-,22-,25?/m1/s1.